The van der Waals surface area contributed by atoms with Crippen LogP contribution in [0.15, 0.2) is 22.7 Å². The Morgan fingerprint density at radius 2 is 2.14 bits per heavy atom. The first-order valence-electron chi connectivity index (χ1n) is 9.51. The molecule has 0 spiro atoms. The fourth-order valence-electron chi connectivity index (χ4n) is 4.04. The van der Waals surface area contributed by atoms with Crippen molar-refractivity contribution in [2.24, 2.45) is 5.92 Å². The molecule has 1 aromatic heterocycles. The zero-order chi connectivity index (χ0) is 19.8. The number of carbonyl (C=O) groups excluding carboxylic acids is 1. The van der Waals surface area contributed by atoms with Crippen LogP contribution in [0.25, 0.3) is 11.3 Å². The van der Waals surface area contributed by atoms with E-state index in [1.165, 1.54) is 19.2 Å². The zero-order valence-electron chi connectivity index (χ0n) is 16.8. The Morgan fingerprint density at radius 3 is 2.79 bits per heavy atom. The van der Waals surface area contributed by atoms with Gasteiger partial charge in [-0.3, -0.25) is 4.79 Å². The molecular weight excluding hydrogens is 399 g/mol. The van der Waals surface area contributed by atoms with Gasteiger partial charge in [-0.1, -0.05) is 5.16 Å². The lowest BCUT2D eigenvalue weighted by atomic mass is 9.97. The van der Waals surface area contributed by atoms with E-state index < -0.39 is 5.82 Å². The minimum atomic E-state index is -0.471. The standard InChI is InChI=1S/C20H25FN4O3.ClH/c1-24(2)19-17(20(26)25-10-12-4-6-14(11-25)22-9-12)18(28-23-19)13-5-7-15(21)16(8-13)27-3;/h5,7-8,12,14,22H,4,6,9-11H2,1-3H3;1H/t12-,14-;/m0./s1. The van der Waals surface area contributed by atoms with Crippen molar-refractivity contribution in [3.63, 3.8) is 0 Å². The van der Waals surface area contributed by atoms with Gasteiger partial charge in [0.05, 0.1) is 7.11 Å². The van der Waals surface area contributed by atoms with Crippen molar-refractivity contribution < 1.29 is 18.4 Å². The highest BCUT2D eigenvalue weighted by molar-refractivity contribution is 6.04. The first-order chi connectivity index (χ1) is 13.5. The second kappa shape index (κ2) is 8.59. The summed E-state index contributed by atoms with van der Waals surface area (Å²) in [4.78, 5) is 17.2. The van der Waals surface area contributed by atoms with E-state index in [9.17, 15) is 9.18 Å². The van der Waals surface area contributed by atoms with Crippen molar-refractivity contribution in [1.82, 2.24) is 15.4 Å². The molecule has 2 bridgehead atoms. The summed E-state index contributed by atoms with van der Waals surface area (Å²) in [6, 6.07) is 4.72. The summed E-state index contributed by atoms with van der Waals surface area (Å²) in [5.74, 6) is 0.769. The van der Waals surface area contributed by atoms with Gasteiger partial charge >= 0.3 is 0 Å². The second-order valence-corrected chi connectivity index (χ2v) is 7.71. The van der Waals surface area contributed by atoms with Crippen LogP contribution < -0.4 is 15.0 Å². The van der Waals surface area contributed by atoms with Crippen molar-refractivity contribution >= 4 is 24.1 Å². The van der Waals surface area contributed by atoms with Crippen molar-refractivity contribution in [2.75, 3.05) is 45.7 Å². The van der Waals surface area contributed by atoms with Crippen molar-refractivity contribution in [2.45, 2.75) is 18.9 Å². The van der Waals surface area contributed by atoms with E-state index >= 15 is 0 Å². The van der Waals surface area contributed by atoms with E-state index in [1.807, 2.05) is 19.0 Å². The van der Waals surface area contributed by atoms with Crippen LogP contribution in [0.2, 0.25) is 0 Å². The van der Waals surface area contributed by atoms with Crippen molar-refractivity contribution in [3.8, 4) is 17.1 Å². The number of amides is 1. The normalized spacial score (nSPS) is 20.8. The number of rotatable bonds is 4. The molecule has 0 unspecified atom stereocenters. The number of piperidine rings is 1. The molecule has 3 aliphatic heterocycles. The molecule has 29 heavy (non-hydrogen) atoms. The maximum Gasteiger partial charge on any atom is 0.261 e. The van der Waals surface area contributed by atoms with Gasteiger partial charge in [-0.05, 0) is 43.5 Å². The third kappa shape index (κ3) is 4.04. The molecule has 4 heterocycles. The van der Waals surface area contributed by atoms with Crippen LogP contribution in [-0.4, -0.2) is 62.8 Å². The predicted octanol–water partition coefficient (Wildman–Crippen LogP) is 2.80. The predicted molar refractivity (Wildman–Crippen MR) is 110 cm³/mol. The Labute approximate surface area is 175 Å². The van der Waals surface area contributed by atoms with E-state index in [-0.39, 0.29) is 24.1 Å². The molecule has 3 aliphatic rings. The Morgan fingerprint density at radius 1 is 1.34 bits per heavy atom. The van der Waals surface area contributed by atoms with Crippen LogP contribution in [0.5, 0.6) is 5.75 Å². The number of fused-ring (bicyclic) bond motifs is 4. The summed E-state index contributed by atoms with van der Waals surface area (Å²) < 4.78 is 24.5. The molecule has 1 amide bonds. The molecular formula is C20H26ClFN4O3. The first-order valence-corrected chi connectivity index (χ1v) is 9.51. The van der Waals surface area contributed by atoms with Gasteiger partial charge in [-0.2, -0.15) is 0 Å². The average molecular weight is 425 g/mol. The molecule has 0 aliphatic carbocycles. The third-order valence-corrected chi connectivity index (χ3v) is 5.55. The number of methoxy groups -OCH3 is 1. The number of hydrogen-bond donors (Lipinski definition) is 1. The highest BCUT2D eigenvalue weighted by atomic mass is 35.5. The molecule has 1 aromatic carbocycles. The van der Waals surface area contributed by atoms with E-state index in [0.29, 0.717) is 47.8 Å². The molecule has 2 aromatic rings. The van der Waals surface area contributed by atoms with E-state index in [4.69, 9.17) is 9.26 Å². The summed E-state index contributed by atoms with van der Waals surface area (Å²) >= 11 is 0. The van der Waals surface area contributed by atoms with Crippen molar-refractivity contribution in [3.05, 3.63) is 29.6 Å². The number of nitrogens with one attached hydrogen (secondary N) is 1. The second-order valence-electron chi connectivity index (χ2n) is 7.71. The summed E-state index contributed by atoms with van der Waals surface area (Å²) in [6.07, 6.45) is 2.22. The van der Waals surface area contributed by atoms with Crippen LogP contribution >= 0.6 is 12.4 Å². The number of halogens is 2. The highest BCUT2D eigenvalue weighted by Crippen LogP contribution is 2.35. The number of nitrogens with zero attached hydrogens (tertiary/aromatic N) is 3. The van der Waals surface area contributed by atoms with Gasteiger partial charge in [-0.15, -0.1) is 12.4 Å². The topological polar surface area (TPSA) is 70.8 Å². The minimum absolute atomic E-state index is 0. The van der Waals surface area contributed by atoms with E-state index in [0.717, 1.165) is 19.4 Å². The maximum absolute atomic E-state index is 13.8. The summed E-state index contributed by atoms with van der Waals surface area (Å²) in [5, 5.41) is 7.63. The van der Waals surface area contributed by atoms with Gasteiger partial charge in [-0.25, -0.2) is 4.39 Å². The maximum atomic E-state index is 13.8. The summed E-state index contributed by atoms with van der Waals surface area (Å²) in [7, 11) is 5.04. The molecule has 0 radical (unpaired) electrons. The average Bonchev–Trinajstić information content (AvgIpc) is 2.91. The molecule has 3 fully saturated rings. The fourth-order valence-corrected chi connectivity index (χ4v) is 4.04. The Bertz CT molecular complexity index is 867. The van der Waals surface area contributed by atoms with E-state index in [2.05, 4.69) is 10.5 Å². The lowest BCUT2D eigenvalue weighted by molar-refractivity contribution is 0.0749. The van der Waals surface area contributed by atoms with Gasteiger partial charge in [0, 0.05) is 38.8 Å². The molecule has 9 heteroatoms. The van der Waals surface area contributed by atoms with Gasteiger partial charge < -0.3 is 24.4 Å². The van der Waals surface area contributed by atoms with Gasteiger partial charge in [0.15, 0.2) is 23.1 Å². The smallest absolute Gasteiger partial charge is 0.261 e. The Balaban J connectivity index is 0.00000240. The highest BCUT2D eigenvalue weighted by Gasteiger charge is 2.35. The Kier molecular flexibility index (Phi) is 6.33. The lowest BCUT2D eigenvalue weighted by Crippen LogP contribution is -2.40. The SMILES string of the molecule is COc1cc(-c2onc(N(C)C)c2C(=O)N2C[C@H]3CC[C@@H](C2)NC3)ccc1F.Cl. The number of carbonyl (C=O) groups is 1. The van der Waals surface area contributed by atoms with Crippen LogP contribution in [0.4, 0.5) is 10.2 Å². The minimum Gasteiger partial charge on any atom is -0.494 e. The van der Waals surface area contributed by atoms with Crippen LogP contribution in [0.3, 0.4) is 0 Å². The van der Waals surface area contributed by atoms with E-state index in [1.54, 1.807) is 11.0 Å². The molecule has 2 atom stereocenters. The molecule has 5 rings (SSSR count). The number of aromatic nitrogens is 1. The fraction of sp³-hybridized carbons (Fsp3) is 0.500. The largest absolute Gasteiger partial charge is 0.494 e. The quantitative estimate of drug-likeness (QED) is 0.813. The lowest BCUT2D eigenvalue weighted by Gasteiger charge is -2.23. The summed E-state index contributed by atoms with van der Waals surface area (Å²) in [5.41, 5.74) is 0.957. The van der Waals surface area contributed by atoms with Crippen LogP contribution in [0, 0.1) is 11.7 Å². The van der Waals surface area contributed by atoms with Crippen LogP contribution in [0.1, 0.15) is 23.2 Å². The Hall–Kier alpha value is -2.32. The molecule has 0 saturated carbocycles. The number of anilines is 1. The van der Waals surface area contributed by atoms with Crippen LogP contribution in [-0.2, 0) is 0 Å². The summed E-state index contributed by atoms with van der Waals surface area (Å²) in [6.45, 7) is 2.33. The van der Waals surface area contributed by atoms with Gasteiger partial charge in [0.25, 0.3) is 5.91 Å². The number of benzene rings is 1. The molecule has 3 saturated heterocycles. The molecule has 1 N–H and O–H groups in total. The monoisotopic (exact) mass is 424 g/mol. The van der Waals surface area contributed by atoms with Gasteiger partial charge in [0.1, 0.15) is 5.56 Å². The third-order valence-electron chi connectivity index (χ3n) is 5.55. The number of hydrogen-bond acceptors (Lipinski definition) is 6. The zero-order valence-corrected chi connectivity index (χ0v) is 17.6. The van der Waals surface area contributed by atoms with Crippen molar-refractivity contribution in [1.29, 1.82) is 0 Å². The van der Waals surface area contributed by atoms with Gasteiger partial charge in [0.2, 0.25) is 0 Å². The first kappa shape index (κ1) is 21.4. The molecule has 7 nitrogen and oxygen atoms in total. The number of ether oxygens (including phenoxy) is 1. The molecule has 158 valence electrons.